The highest BCUT2D eigenvalue weighted by molar-refractivity contribution is 6.01. The molecular formula is C27H24N2O6. The van der Waals surface area contributed by atoms with Crippen LogP contribution in [0.3, 0.4) is 0 Å². The van der Waals surface area contributed by atoms with E-state index >= 15 is 0 Å². The lowest BCUT2D eigenvalue weighted by atomic mass is 9.88. The monoisotopic (exact) mass is 472 g/mol. The maximum atomic E-state index is 12.8. The van der Waals surface area contributed by atoms with Crippen LogP contribution in [-0.4, -0.2) is 29.7 Å². The lowest BCUT2D eigenvalue weighted by molar-refractivity contribution is -0.142. The molecule has 1 aliphatic carbocycles. The largest absolute Gasteiger partial charge is 0.481 e. The second-order valence-electron chi connectivity index (χ2n) is 8.65. The highest BCUT2D eigenvalue weighted by Gasteiger charge is 2.37. The molecule has 0 unspecified atom stereocenters. The predicted octanol–water partition coefficient (Wildman–Crippen LogP) is 5.41. The molecule has 0 bridgehead atoms. The van der Waals surface area contributed by atoms with Gasteiger partial charge < -0.3 is 25.2 Å². The molecule has 2 amide bonds. The van der Waals surface area contributed by atoms with E-state index in [-0.39, 0.29) is 18.6 Å². The van der Waals surface area contributed by atoms with E-state index in [1.807, 2.05) is 24.3 Å². The molecule has 35 heavy (non-hydrogen) atoms. The van der Waals surface area contributed by atoms with Crippen molar-refractivity contribution in [2.45, 2.75) is 19.3 Å². The average molecular weight is 472 g/mol. The van der Waals surface area contributed by atoms with Gasteiger partial charge in [-0.05, 0) is 48.2 Å². The Bertz CT molecular complexity index is 1270. The maximum absolute atomic E-state index is 12.8. The number of urea groups is 1. The summed E-state index contributed by atoms with van der Waals surface area (Å²) in [4.78, 5) is 36.6. The number of hydrogen-bond acceptors (Lipinski definition) is 5. The fourth-order valence-corrected chi connectivity index (χ4v) is 4.62. The SMILES string of the molecule is O=C(Nc1ccc(-c2ccc(C(=O)[C@@H]3CCC[C@H]3C(=O)O)cc2)cc1)Nc1ccc2c(c1)OCO2. The molecule has 3 aromatic carbocycles. The van der Waals surface area contributed by atoms with Gasteiger partial charge >= 0.3 is 12.0 Å². The molecule has 8 heteroatoms. The molecule has 0 aromatic heterocycles. The number of carbonyl (C=O) groups is 3. The van der Waals surface area contributed by atoms with Crippen molar-refractivity contribution in [2.24, 2.45) is 11.8 Å². The predicted molar refractivity (Wildman–Crippen MR) is 130 cm³/mol. The van der Waals surface area contributed by atoms with Gasteiger partial charge in [0, 0.05) is 28.9 Å². The first-order valence-corrected chi connectivity index (χ1v) is 11.4. The fraction of sp³-hybridized carbons (Fsp3) is 0.222. The number of hydrogen-bond donors (Lipinski definition) is 3. The molecule has 5 rings (SSSR count). The van der Waals surface area contributed by atoms with E-state index in [0.29, 0.717) is 41.3 Å². The minimum atomic E-state index is -0.893. The van der Waals surface area contributed by atoms with Gasteiger partial charge in [0.1, 0.15) is 0 Å². The third-order valence-electron chi connectivity index (χ3n) is 6.45. The lowest BCUT2D eigenvalue weighted by Gasteiger charge is -2.14. The van der Waals surface area contributed by atoms with Gasteiger partial charge in [-0.25, -0.2) is 4.79 Å². The second kappa shape index (κ2) is 9.50. The normalized spacial score (nSPS) is 18.2. The lowest BCUT2D eigenvalue weighted by Crippen LogP contribution is -2.25. The fourth-order valence-electron chi connectivity index (χ4n) is 4.62. The number of Topliss-reactive ketones (excluding diaryl/α,β-unsaturated/α-hetero) is 1. The van der Waals surface area contributed by atoms with Crippen molar-refractivity contribution in [2.75, 3.05) is 17.4 Å². The molecule has 1 aliphatic heterocycles. The third-order valence-corrected chi connectivity index (χ3v) is 6.45. The first-order chi connectivity index (χ1) is 17.0. The number of fused-ring (bicyclic) bond motifs is 1. The smallest absolute Gasteiger partial charge is 0.323 e. The van der Waals surface area contributed by atoms with Crippen LogP contribution in [0, 0.1) is 11.8 Å². The van der Waals surface area contributed by atoms with Gasteiger partial charge in [-0.2, -0.15) is 0 Å². The van der Waals surface area contributed by atoms with Gasteiger partial charge in [-0.3, -0.25) is 9.59 Å². The third kappa shape index (κ3) is 4.82. The summed E-state index contributed by atoms with van der Waals surface area (Å²) >= 11 is 0. The van der Waals surface area contributed by atoms with E-state index in [1.165, 1.54) is 0 Å². The summed E-state index contributed by atoms with van der Waals surface area (Å²) in [5, 5.41) is 14.9. The summed E-state index contributed by atoms with van der Waals surface area (Å²) in [7, 11) is 0. The van der Waals surface area contributed by atoms with Crippen LogP contribution < -0.4 is 20.1 Å². The maximum Gasteiger partial charge on any atom is 0.323 e. The molecule has 2 aliphatic rings. The number of amides is 2. The molecule has 3 aromatic rings. The first-order valence-electron chi connectivity index (χ1n) is 11.4. The van der Waals surface area contributed by atoms with Crippen LogP contribution in [0.15, 0.2) is 66.7 Å². The number of nitrogens with one attached hydrogen (secondary N) is 2. The van der Waals surface area contributed by atoms with E-state index in [1.54, 1.807) is 42.5 Å². The summed E-state index contributed by atoms with van der Waals surface area (Å²) in [6, 6.07) is 19.4. The van der Waals surface area contributed by atoms with E-state index in [2.05, 4.69) is 10.6 Å². The quantitative estimate of drug-likeness (QED) is 0.414. The van der Waals surface area contributed by atoms with Crippen molar-refractivity contribution in [1.29, 1.82) is 0 Å². The summed E-state index contributed by atoms with van der Waals surface area (Å²) < 4.78 is 10.6. The van der Waals surface area contributed by atoms with Crippen LogP contribution in [0.2, 0.25) is 0 Å². The summed E-state index contributed by atoms with van der Waals surface area (Å²) in [5.74, 6) is -0.807. The number of aliphatic carboxylic acids is 1. The Morgan fingerprint density at radius 2 is 1.34 bits per heavy atom. The highest BCUT2D eigenvalue weighted by Crippen LogP contribution is 2.35. The van der Waals surface area contributed by atoms with Gasteiger partial charge in [-0.1, -0.05) is 42.8 Å². The van der Waals surface area contributed by atoms with Crippen LogP contribution in [-0.2, 0) is 4.79 Å². The standard InChI is InChI=1S/C27H24N2O6/c30-25(21-2-1-3-22(21)26(31)32)18-6-4-16(5-7-18)17-8-10-19(11-9-17)28-27(33)29-20-12-13-23-24(14-20)35-15-34-23/h4-14,21-22H,1-3,15H2,(H,31,32)(H2,28,29,33)/t21-,22-/m1/s1. The van der Waals surface area contributed by atoms with E-state index in [0.717, 1.165) is 17.5 Å². The minimum Gasteiger partial charge on any atom is -0.481 e. The molecule has 178 valence electrons. The summed E-state index contributed by atoms with van der Waals surface area (Å²) in [6.45, 7) is 0.169. The van der Waals surface area contributed by atoms with Crippen molar-refractivity contribution in [3.05, 3.63) is 72.3 Å². The van der Waals surface area contributed by atoms with Gasteiger partial charge in [0.25, 0.3) is 0 Å². The van der Waals surface area contributed by atoms with Crippen LogP contribution >= 0.6 is 0 Å². The number of ether oxygens (including phenoxy) is 2. The molecule has 0 radical (unpaired) electrons. The molecular weight excluding hydrogens is 448 g/mol. The Balaban J connectivity index is 1.20. The van der Waals surface area contributed by atoms with Crippen molar-refractivity contribution in [1.82, 2.24) is 0 Å². The molecule has 2 atom stereocenters. The number of rotatable bonds is 6. The molecule has 1 heterocycles. The zero-order valence-corrected chi connectivity index (χ0v) is 18.8. The van der Waals surface area contributed by atoms with Crippen LogP contribution in [0.4, 0.5) is 16.2 Å². The number of carbonyl (C=O) groups excluding carboxylic acids is 2. The molecule has 3 N–H and O–H groups in total. The summed E-state index contributed by atoms with van der Waals surface area (Å²) in [6.07, 6.45) is 1.94. The molecule has 8 nitrogen and oxygen atoms in total. The number of anilines is 2. The van der Waals surface area contributed by atoms with Gasteiger partial charge in [-0.15, -0.1) is 0 Å². The van der Waals surface area contributed by atoms with E-state index in [4.69, 9.17) is 9.47 Å². The Hall–Kier alpha value is -4.33. The zero-order valence-electron chi connectivity index (χ0n) is 18.8. The van der Waals surface area contributed by atoms with Gasteiger partial charge in [0.05, 0.1) is 5.92 Å². The van der Waals surface area contributed by atoms with Crippen molar-refractivity contribution in [3.8, 4) is 22.6 Å². The molecule has 1 saturated carbocycles. The van der Waals surface area contributed by atoms with Gasteiger partial charge in [0.2, 0.25) is 6.79 Å². The molecule has 0 saturated heterocycles. The number of ketones is 1. The highest BCUT2D eigenvalue weighted by atomic mass is 16.7. The molecule has 0 spiro atoms. The number of carboxylic acids is 1. The van der Waals surface area contributed by atoms with Crippen molar-refractivity contribution < 1.29 is 29.0 Å². The van der Waals surface area contributed by atoms with E-state index < -0.39 is 17.8 Å². The minimum absolute atomic E-state index is 0.102. The Morgan fingerprint density at radius 1 is 0.743 bits per heavy atom. The zero-order chi connectivity index (χ0) is 24.4. The Kier molecular flexibility index (Phi) is 6.10. The number of benzene rings is 3. The number of carboxylic acid groups (broad SMARTS) is 1. The van der Waals surface area contributed by atoms with Gasteiger partial charge in [0.15, 0.2) is 17.3 Å². The van der Waals surface area contributed by atoms with Crippen LogP contribution in [0.5, 0.6) is 11.5 Å². The van der Waals surface area contributed by atoms with Crippen molar-refractivity contribution in [3.63, 3.8) is 0 Å². The molecule has 1 fully saturated rings. The second-order valence-corrected chi connectivity index (χ2v) is 8.65. The van der Waals surface area contributed by atoms with E-state index in [9.17, 15) is 19.5 Å². The Labute approximate surface area is 201 Å². The van der Waals surface area contributed by atoms with Crippen LogP contribution in [0.1, 0.15) is 29.6 Å². The summed E-state index contributed by atoms with van der Waals surface area (Å²) in [5.41, 5.74) is 3.59. The van der Waals surface area contributed by atoms with Crippen molar-refractivity contribution >= 4 is 29.2 Å². The Morgan fingerprint density at radius 3 is 2.06 bits per heavy atom. The topological polar surface area (TPSA) is 114 Å². The average Bonchev–Trinajstić information content (AvgIpc) is 3.54. The van der Waals surface area contributed by atoms with Crippen LogP contribution in [0.25, 0.3) is 11.1 Å². The first kappa shape index (κ1) is 22.5.